The van der Waals surface area contributed by atoms with Crippen molar-refractivity contribution >= 4 is 11.4 Å². The fraction of sp³-hybridized carbons (Fsp3) is 0.571. The van der Waals surface area contributed by atoms with Crippen molar-refractivity contribution in [3.8, 4) is 0 Å². The van der Waals surface area contributed by atoms with E-state index in [0.29, 0.717) is 12.2 Å². The van der Waals surface area contributed by atoms with E-state index >= 15 is 0 Å². The molecular formula is C28H42N2O2+2. The number of hydrogen-bond donors (Lipinski definition) is 0. The highest BCUT2D eigenvalue weighted by Gasteiger charge is 2.37. The molecule has 2 aliphatic rings. The first-order valence-corrected chi connectivity index (χ1v) is 12.7. The van der Waals surface area contributed by atoms with Gasteiger partial charge in [-0.15, -0.1) is 0 Å². The zero-order valence-corrected chi connectivity index (χ0v) is 20.6. The van der Waals surface area contributed by atoms with Crippen LogP contribution in [0.15, 0.2) is 48.5 Å². The highest BCUT2D eigenvalue weighted by molar-refractivity contribution is 5.46. The van der Waals surface area contributed by atoms with Gasteiger partial charge < -0.3 is 9.47 Å². The zero-order valence-electron chi connectivity index (χ0n) is 20.6. The summed E-state index contributed by atoms with van der Waals surface area (Å²) in [6.07, 6.45) is 3.07. The predicted octanol–water partition coefficient (Wildman–Crippen LogP) is 4.96. The third-order valence-corrected chi connectivity index (χ3v) is 8.00. The van der Waals surface area contributed by atoms with E-state index in [1.807, 2.05) is 0 Å². The highest BCUT2D eigenvalue weighted by Crippen LogP contribution is 2.29. The van der Waals surface area contributed by atoms with Crippen LogP contribution in [0.5, 0.6) is 0 Å². The Labute approximate surface area is 194 Å². The number of rotatable bonds is 13. The van der Waals surface area contributed by atoms with Gasteiger partial charge in [-0.05, 0) is 75.9 Å². The Morgan fingerprint density at radius 2 is 0.906 bits per heavy atom. The Morgan fingerprint density at radius 3 is 1.16 bits per heavy atom. The summed E-state index contributed by atoms with van der Waals surface area (Å²) in [5.41, 5.74) is 5.69. The molecule has 2 heterocycles. The maximum atomic E-state index is 5.54. The molecule has 32 heavy (non-hydrogen) atoms. The van der Waals surface area contributed by atoms with Gasteiger partial charge in [-0.25, -0.2) is 0 Å². The number of ether oxygens (including phenoxy) is 2. The molecule has 174 valence electrons. The minimum absolute atomic E-state index is 0.451. The van der Waals surface area contributed by atoms with Crippen molar-refractivity contribution in [2.75, 3.05) is 52.5 Å². The second-order valence-electron chi connectivity index (χ2n) is 9.66. The molecule has 0 amide bonds. The Balaban J connectivity index is 1.38. The molecule has 0 aliphatic carbocycles. The van der Waals surface area contributed by atoms with Crippen molar-refractivity contribution in [2.45, 2.75) is 52.7 Å². The van der Waals surface area contributed by atoms with E-state index in [1.54, 1.807) is 0 Å². The molecule has 2 aromatic rings. The summed E-state index contributed by atoms with van der Waals surface area (Å²) in [4.78, 5) is 0. The quantitative estimate of drug-likeness (QED) is 0.326. The van der Waals surface area contributed by atoms with Crippen LogP contribution in [0.4, 0.5) is 11.4 Å². The van der Waals surface area contributed by atoms with Crippen LogP contribution in [0.2, 0.25) is 0 Å². The summed E-state index contributed by atoms with van der Waals surface area (Å²) in [6, 6.07) is 18.7. The molecule has 2 unspecified atom stereocenters. The molecule has 0 N–H and O–H groups in total. The second kappa shape index (κ2) is 10.0. The Hall–Kier alpha value is -1.72. The number of epoxide rings is 2. The van der Waals surface area contributed by atoms with Crippen LogP contribution in [0, 0.1) is 0 Å². The van der Waals surface area contributed by atoms with Crippen molar-refractivity contribution in [3.63, 3.8) is 0 Å². The number of aryl methyl sites for hydroxylation is 2. The van der Waals surface area contributed by atoms with Gasteiger partial charge in [0.25, 0.3) is 0 Å². The minimum Gasteiger partial charge on any atom is -0.367 e. The molecule has 0 radical (unpaired) electrons. The lowest BCUT2D eigenvalue weighted by Crippen LogP contribution is -2.51. The molecule has 2 atom stereocenters. The average Bonchev–Trinajstić information content (AvgIpc) is 3.78. The first kappa shape index (κ1) is 23.4. The standard InChI is InChI=1S/C28H42N2O2/c1-5-29(6-2,19-27-21-31-27)25-15-11-23(12-16-25)9-10-24-13-17-26(18-14-24)30(7-3,8-4)20-28-22-32-28/h11-18,27-28H,5-10,19-22H2,1-4H3/q+2. The average molecular weight is 439 g/mol. The van der Waals surface area contributed by atoms with Gasteiger partial charge in [0.2, 0.25) is 0 Å². The van der Waals surface area contributed by atoms with Crippen LogP contribution in [0.25, 0.3) is 0 Å². The molecule has 0 aromatic heterocycles. The van der Waals surface area contributed by atoms with Crippen LogP contribution < -0.4 is 8.97 Å². The number of likely N-dealkylation sites (N-methyl/N-ethyl adjacent to an activating group) is 2. The molecule has 2 saturated heterocycles. The zero-order chi connectivity index (χ0) is 22.6. The Bertz CT molecular complexity index is 773. The molecule has 4 heteroatoms. The summed E-state index contributed by atoms with van der Waals surface area (Å²) < 4.78 is 13.1. The fourth-order valence-electron chi connectivity index (χ4n) is 5.28. The SMILES string of the molecule is CC[N+](CC)(CC1CO1)c1ccc(CCc2ccc([N+](CC)(CC)CC3CO3)cc2)cc1. The highest BCUT2D eigenvalue weighted by atomic mass is 16.6. The molecule has 0 bridgehead atoms. The van der Waals surface area contributed by atoms with Gasteiger partial charge >= 0.3 is 0 Å². The lowest BCUT2D eigenvalue weighted by Gasteiger charge is -2.36. The summed E-state index contributed by atoms with van der Waals surface area (Å²) in [6.45, 7) is 17.7. The van der Waals surface area contributed by atoms with Crippen molar-refractivity contribution < 1.29 is 9.47 Å². The third-order valence-electron chi connectivity index (χ3n) is 8.00. The number of benzene rings is 2. The van der Waals surface area contributed by atoms with Gasteiger partial charge in [-0.2, -0.15) is 0 Å². The van der Waals surface area contributed by atoms with Gasteiger partial charge in [0.1, 0.15) is 36.7 Å². The topological polar surface area (TPSA) is 25.1 Å². The number of hydrogen-bond acceptors (Lipinski definition) is 2. The smallest absolute Gasteiger partial charge is 0.132 e. The molecular weight excluding hydrogens is 396 g/mol. The van der Waals surface area contributed by atoms with E-state index in [1.165, 1.54) is 22.5 Å². The Morgan fingerprint density at radius 1 is 0.594 bits per heavy atom. The van der Waals surface area contributed by atoms with E-state index in [9.17, 15) is 0 Å². The Kier molecular flexibility index (Phi) is 7.36. The molecule has 2 fully saturated rings. The predicted molar refractivity (Wildman–Crippen MR) is 135 cm³/mol. The van der Waals surface area contributed by atoms with Crippen molar-refractivity contribution in [1.82, 2.24) is 8.97 Å². The lowest BCUT2D eigenvalue weighted by molar-refractivity contribution is 0.261. The summed E-state index contributed by atoms with van der Waals surface area (Å²) >= 11 is 0. The molecule has 4 nitrogen and oxygen atoms in total. The number of quaternary nitrogens is 2. The summed E-state index contributed by atoms with van der Waals surface area (Å²) in [5.74, 6) is 0. The van der Waals surface area contributed by atoms with E-state index in [2.05, 4.69) is 76.2 Å². The summed E-state index contributed by atoms with van der Waals surface area (Å²) in [7, 11) is 0. The van der Waals surface area contributed by atoms with Crippen molar-refractivity contribution in [3.05, 3.63) is 59.7 Å². The van der Waals surface area contributed by atoms with E-state index < -0.39 is 0 Å². The molecule has 4 rings (SSSR count). The van der Waals surface area contributed by atoms with E-state index in [-0.39, 0.29) is 0 Å². The second-order valence-corrected chi connectivity index (χ2v) is 9.66. The lowest BCUT2D eigenvalue weighted by atomic mass is 10.0. The van der Waals surface area contributed by atoms with E-state index in [4.69, 9.17) is 9.47 Å². The van der Waals surface area contributed by atoms with Gasteiger partial charge in [0.05, 0.1) is 39.4 Å². The van der Waals surface area contributed by atoms with Crippen molar-refractivity contribution in [1.29, 1.82) is 0 Å². The van der Waals surface area contributed by atoms with Gasteiger partial charge in [-0.1, -0.05) is 24.3 Å². The monoisotopic (exact) mass is 438 g/mol. The first-order chi connectivity index (χ1) is 15.6. The van der Waals surface area contributed by atoms with E-state index in [0.717, 1.165) is 74.3 Å². The molecule has 0 saturated carbocycles. The normalized spacial score (nSPS) is 20.4. The maximum absolute atomic E-state index is 5.54. The van der Waals surface area contributed by atoms with Crippen LogP contribution in [-0.2, 0) is 22.3 Å². The number of nitrogens with zero attached hydrogens (tertiary/aromatic N) is 2. The minimum atomic E-state index is 0.451. The van der Waals surface area contributed by atoms with Crippen molar-refractivity contribution in [2.24, 2.45) is 0 Å². The van der Waals surface area contributed by atoms with Crippen LogP contribution in [0.1, 0.15) is 38.8 Å². The van der Waals surface area contributed by atoms with Crippen LogP contribution in [0.3, 0.4) is 0 Å². The van der Waals surface area contributed by atoms with Gasteiger partial charge in [-0.3, -0.25) is 8.97 Å². The fourth-order valence-corrected chi connectivity index (χ4v) is 5.28. The summed E-state index contributed by atoms with van der Waals surface area (Å²) in [5, 5.41) is 0. The van der Waals surface area contributed by atoms with Crippen LogP contribution >= 0.6 is 0 Å². The largest absolute Gasteiger partial charge is 0.367 e. The van der Waals surface area contributed by atoms with Crippen LogP contribution in [-0.4, -0.2) is 64.7 Å². The third kappa shape index (κ3) is 5.26. The molecule has 0 spiro atoms. The maximum Gasteiger partial charge on any atom is 0.132 e. The van der Waals surface area contributed by atoms with Gasteiger partial charge in [0, 0.05) is 0 Å². The van der Waals surface area contributed by atoms with Gasteiger partial charge in [0.15, 0.2) is 0 Å². The molecule has 2 aliphatic heterocycles. The molecule has 2 aromatic carbocycles. The first-order valence-electron chi connectivity index (χ1n) is 12.7.